The van der Waals surface area contributed by atoms with Gasteiger partial charge < -0.3 is 15.7 Å². The number of carbonyl (C=O) groups excluding carboxylic acids is 2. The number of aliphatic carboxylic acids is 1. The highest BCUT2D eigenvalue weighted by molar-refractivity contribution is 5.86. The van der Waals surface area contributed by atoms with E-state index in [4.69, 9.17) is 5.11 Å². The number of hydrogen-bond acceptors (Lipinski definition) is 3. The zero-order chi connectivity index (χ0) is 15.9. The van der Waals surface area contributed by atoms with Crippen molar-refractivity contribution in [3.05, 3.63) is 0 Å². The van der Waals surface area contributed by atoms with Crippen molar-refractivity contribution in [2.75, 3.05) is 13.1 Å². The predicted molar refractivity (Wildman–Crippen MR) is 80.9 cm³/mol. The molecule has 0 radical (unpaired) electrons. The highest BCUT2D eigenvalue weighted by atomic mass is 16.4. The predicted octanol–water partition coefficient (Wildman–Crippen LogP) is 1.83. The van der Waals surface area contributed by atoms with Gasteiger partial charge >= 0.3 is 5.97 Å². The van der Waals surface area contributed by atoms with Crippen LogP contribution >= 0.6 is 0 Å². The Kier molecular flexibility index (Phi) is 12.4. The van der Waals surface area contributed by atoms with Crippen LogP contribution in [0.5, 0.6) is 0 Å². The minimum atomic E-state index is -1.10. The normalized spacial score (nSPS) is 10.1. The number of nitrogens with one attached hydrogen (secondary N) is 2. The monoisotopic (exact) mass is 300 g/mol. The van der Waals surface area contributed by atoms with E-state index in [1.165, 1.54) is 32.1 Å². The fraction of sp³-hybridized carbons (Fsp3) is 0.800. The molecule has 122 valence electrons. The standard InChI is InChI=1S/C15H28N2O4/c1-2-3-4-5-6-7-8-9-10-13(18)16-11-14(19)17-12-15(20)21/h2-12H2,1H3,(H,16,18)(H,17,19)(H,20,21). The van der Waals surface area contributed by atoms with Gasteiger partial charge in [-0.15, -0.1) is 0 Å². The van der Waals surface area contributed by atoms with Crippen LogP contribution in [0.15, 0.2) is 0 Å². The average Bonchev–Trinajstić information content (AvgIpc) is 2.45. The van der Waals surface area contributed by atoms with Crippen LogP contribution < -0.4 is 10.6 Å². The Balaban J connectivity index is 3.38. The first-order valence-corrected chi connectivity index (χ1v) is 7.81. The molecule has 0 bridgehead atoms. The number of amides is 2. The van der Waals surface area contributed by atoms with Gasteiger partial charge in [0.1, 0.15) is 6.54 Å². The third-order valence-corrected chi connectivity index (χ3v) is 3.14. The average molecular weight is 300 g/mol. The summed E-state index contributed by atoms with van der Waals surface area (Å²) < 4.78 is 0. The molecule has 3 N–H and O–H groups in total. The van der Waals surface area contributed by atoms with Gasteiger partial charge in [-0.2, -0.15) is 0 Å². The largest absolute Gasteiger partial charge is 0.480 e. The van der Waals surface area contributed by atoms with Crippen molar-refractivity contribution in [1.82, 2.24) is 10.6 Å². The third kappa shape index (κ3) is 14.6. The molecule has 0 unspecified atom stereocenters. The molecule has 0 rings (SSSR count). The molecule has 0 aromatic carbocycles. The Labute approximate surface area is 126 Å². The molecular formula is C15H28N2O4. The molecule has 0 fully saturated rings. The van der Waals surface area contributed by atoms with Crippen LogP contribution in [0, 0.1) is 0 Å². The molecule has 6 nitrogen and oxygen atoms in total. The van der Waals surface area contributed by atoms with Gasteiger partial charge in [0.15, 0.2) is 0 Å². The number of rotatable bonds is 13. The van der Waals surface area contributed by atoms with Crippen LogP contribution in [0.3, 0.4) is 0 Å². The van der Waals surface area contributed by atoms with Gasteiger partial charge in [0.25, 0.3) is 0 Å². The van der Waals surface area contributed by atoms with Crippen LogP contribution in [0.1, 0.15) is 64.7 Å². The number of carboxylic acid groups (broad SMARTS) is 1. The van der Waals surface area contributed by atoms with E-state index in [2.05, 4.69) is 17.6 Å². The van der Waals surface area contributed by atoms with E-state index >= 15 is 0 Å². The van der Waals surface area contributed by atoms with Crippen LogP contribution in [-0.2, 0) is 14.4 Å². The van der Waals surface area contributed by atoms with Crippen molar-refractivity contribution < 1.29 is 19.5 Å². The second-order valence-corrected chi connectivity index (χ2v) is 5.17. The summed E-state index contributed by atoms with van der Waals surface area (Å²) in [5, 5.41) is 13.0. The summed E-state index contributed by atoms with van der Waals surface area (Å²) in [5.41, 5.74) is 0. The summed E-state index contributed by atoms with van der Waals surface area (Å²) >= 11 is 0. The first-order valence-electron chi connectivity index (χ1n) is 7.81. The van der Waals surface area contributed by atoms with Crippen LogP contribution in [0.25, 0.3) is 0 Å². The molecular weight excluding hydrogens is 272 g/mol. The number of carbonyl (C=O) groups is 3. The van der Waals surface area contributed by atoms with E-state index in [-0.39, 0.29) is 12.5 Å². The van der Waals surface area contributed by atoms with Gasteiger partial charge in [0.05, 0.1) is 6.54 Å². The van der Waals surface area contributed by atoms with Crippen LogP contribution in [-0.4, -0.2) is 36.0 Å². The molecule has 0 aromatic rings. The zero-order valence-corrected chi connectivity index (χ0v) is 13.0. The van der Waals surface area contributed by atoms with Gasteiger partial charge in [0.2, 0.25) is 11.8 Å². The second kappa shape index (κ2) is 13.4. The molecule has 0 aliphatic heterocycles. The van der Waals surface area contributed by atoms with Crippen molar-refractivity contribution in [1.29, 1.82) is 0 Å². The van der Waals surface area contributed by atoms with Crippen LogP contribution in [0.2, 0.25) is 0 Å². The molecule has 2 amide bonds. The van der Waals surface area contributed by atoms with E-state index < -0.39 is 18.4 Å². The number of hydrogen-bond donors (Lipinski definition) is 3. The Morgan fingerprint density at radius 1 is 0.762 bits per heavy atom. The fourth-order valence-electron chi connectivity index (χ4n) is 1.92. The van der Waals surface area contributed by atoms with Crippen LogP contribution in [0.4, 0.5) is 0 Å². The Hall–Kier alpha value is -1.59. The molecule has 0 aromatic heterocycles. The molecule has 6 heteroatoms. The first-order chi connectivity index (χ1) is 10.1. The summed E-state index contributed by atoms with van der Waals surface area (Å²) in [6, 6.07) is 0. The van der Waals surface area contributed by atoms with Gasteiger partial charge in [0, 0.05) is 6.42 Å². The van der Waals surface area contributed by atoms with E-state index in [1.807, 2.05) is 0 Å². The molecule has 0 spiro atoms. The number of carboxylic acids is 1. The lowest BCUT2D eigenvalue weighted by Gasteiger charge is -2.05. The molecule has 0 heterocycles. The van der Waals surface area contributed by atoms with E-state index in [0.29, 0.717) is 6.42 Å². The zero-order valence-electron chi connectivity index (χ0n) is 13.0. The lowest BCUT2D eigenvalue weighted by Crippen LogP contribution is -2.38. The SMILES string of the molecule is CCCCCCCCCCC(=O)NCC(=O)NCC(=O)O. The van der Waals surface area contributed by atoms with Crippen molar-refractivity contribution in [2.24, 2.45) is 0 Å². The van der Waals surface area contributed by atoms with Crippen molar-refractivity contribution in [3.8, 4) is 0 Å². The topological polar surface area (TPSA) is 95.5 Å². The lowest BCUT2D eigenvalue weighted by molar-refractivity contribution is -0.137. The number of unbranched alkanes of at least 4 members (excludes halogenated alkanes) is 7. The fourth-order valence-corrected chi connectivity index (χ4v) is 1.92. The molecule has 21 heavy (non-hydrogen) atoms. The highest BCUT2D eigenvalue weighted by Gasteiger charge is 2.06. The second-order valence-electron chi connectivity index (χ2n) is 5.17. The quantitative estimate of drug-likeness (QED) is 0.452. The summed E-state index contributed by atoms with van der Waals surface area (Å²) in [6.45, 7) is 1.61. The molecule has 0 saturated carbocycles. The summed E-state index contributed by atoms with van der Waals surface area (Å²) in [5.74, 6) is -1.75. The van der Waals surface area contributed by atoms with E-state index in [1.54, 1.807) is 0 Å². The Morgan fingerprint density at radius 3 is 1.86 bits per heavy atom. The van der Waals surface area contributed by atoms with E-state index in [0.717, 1.165) is 19.3 Å². The summed E-state index contributed by atoms with van der Waals surface area (Å²) in [7, 11) is 0. The Morgan fingerprint density at radius 2 is 1.29 bits per heavy atom. The maximum Gasteiger partial charge on any atom is 0.322 e. The maximum absolute atomic E-state index is 11.5. The minimum absolute atomic E-state index is 0.161. The first kappa shape index (κ1) is 19.4. The maximum atomic E-state index is 11.5. The summed E-state index contributed by atoms with van der Waals surface area (Å²) in [6.07, 6.45) is 9.76. The summed E-state index contributed by atoms with van der Waals surface area (Å²) in [4.78, 5) is 32.8. The Bertz CT molecular complexity index is 319. The third-order valence-electron chi connectivity index (χ3n) is 3.14. The van der Waals surface area contributed by atoms with Gasteiger partial charge in [-0.3, -0.25) is 14.4 Å². The molecule has 0 aliphatic rings. The lowest BCUT2D eigenvalue weighted by atomic mass is 10.1. The van der Waals surface area contributed by atoms with E-state index in [9.17, 15) is 14.4 Å². The van der Waals surface area contributed by atoms with Gasteiger partial charge in [-0.05, 0) is 6.42 Å². The van der Waals surface area contributed by atoms with Crippen molar-refractivity contribution in [2.45, 2.75) is 64.7 Å². The van der Waals surface area contributed by atoms with Crippen molar-refractivity contribution in [3.63, 3.8) is 0 Å². The smallest absolute Gasteiger partial charge is 0.322 e. The molecule has 0 aliphatic carbocycles. The van der Waals surface area contributed by atoms with Gasteiger partial charge in [-0.25, -0.2) is 0 Å². The minimum Gasteiger partial charge on any atom is -0.480 e. The van der Waals surface area contributed by atoms with Crippen molar-refractivity contribution >= 4 is 17.8 Å². The highest BCUT2D eigenvalue weighted by Crippen LogP contribution is 2.09. The van der Waals surface area contributed by atoms with Gasteiger partial charge in [-0.1, -0.05) is 51.9 Å². The molecule has 0 saturated heterocycles. The molecule has 0 atom stereocenters.